The number of carboxylic acids is 1. The van der Waals surface area contributed by atoms with Gasteiger partial charge in [-0.3, -0.25) is 14.8 Å². The Morgan fingerprint density at radius 1 is 1.41 bits per heavy atom. The molecule has 5 nitrogen and oxygen atoms in total. The lowest BCUT2D eigenvalue weighted by Crippen LogP contribution is -2.35. The average Bonchev–Trinajstić information content (AvgIpc) is 2.30. The van der Waals surface area contributed by atoms with E-state index < -0.39 is 17.8 Å². The van der Waals surface area contributed by atoms with Crippen LogP contribution in [-0.2, 0) is 16.1 Å². The second-order valence-corrected chi connectivity index (χ2v) is 3.95. The third-order valence-corrected chi connectivity index (χ3v) is 2.64. The fourth-order valence-electron chi connectivity index (χ4n) is 1.20. The van der Waals surface area contributed by atoms with Crippen LogP contribution in [0.3, 0.4) is 0 Å². The molecule has 1 amide bonds. The van der Waals surface area contributed by atoms with Crippen molar-refractivity contribution in [2.75, 3.05) is 0 Å². The quantitative estimate of drug-likeness (QED) is 0.490. The van der Waals surface area contributed by atoms with Gasteiger partial charge >= 0.3 is 5.97 Å². The number of carbonyl (C=O) groups excluding carboxylic acids is 1. The van der Waals surface area contributed by atoms with Crippen molar-refractivity contribution in [3.63, 3.8) is 0 Å². The number of benzene rings is 1. The minimum Gasteiger partial charge on any atom is -0.481 e. The molecule has 1 aromatic carbocycles. The van der Waals surface area contributed by atoms with Gasteiger partial charge in [-0.25, -0.2) is 5.06 Å². The molecular formula is C11H12ClNO4. The van der Waals surface area contributed by atoms with Crippen molar-refractivity contribution >= 4 is 23.5 Å². The molecule has 0 fully saturated rings. The second kappa shape index (κ2) is 5.65. The van der Waals surface area contributed by atoms with E-state index >= 15 is 0 Å². The molecule has 0 aliphatic rings. The molecule has 1 rings (SSSR count). The maximum absolute atomic E-state index is 11.5. The van der Waals surface area contributed by atoms with Crippen LogP contribution in [0.5, 0.6) is 0 Å². The SMILES string of the molecule is CC(C(=O)O)C(=O)N(O)Cc1ccccc1Cl. The Hall–Kier alpha value is -1.59. The summed E-state index contributed by atoms with van der Waals surface area (Å²) in [5.41, 5.74) is 0.544. The smallest absolute Gasteiger partial charge is 0.315 e. The predicted octanol–water partition coefficient (Wildman–Crippen LogP) is 1.78. The Morgan fingerprint density at radius 3 is 2.53 bits per heavy atom. The number of nitrogens with zero attached hydrogens (tertiary/aromatic N) is 1. The number of hydroxylamine groups is 2. The van der Waals surface area contributed by atoms with Crippen molar-refractivity contribution in [3.05, 3.63) is 34.9 Å². The largest absolute Gasteiger partial charge is 0.481 e. The van der Waals surface area contributed by atoms with Crippen LogP contribution in [0.1, 0.15) is 12.5 Å². The third-order valence-electron chi connectivity index (χ3n) is 2.27. The van der Waals surface area contributed by atoms with Crippen LogP contribution in [-0.4, -0.2) is 27.3 Å². The Balaban J connectivity index is 2.73. The Morgan fingerprint density at radius 2 is 2.00 bits per heavy atom. The van der Waals surface area contributed by atoms with Crippen molar-refractivity contribution < 1.29 is 19.9 Å². The molecule has 0 saturated carbocycles. The number of amides is 1. The van der Waals surface area contributed by atoms with Crippen LogP contribution in [0.4, 0.5) is 0 Å². The molecule has 0 spiro atoms. The van der Waals surface area contributed by atoms with Crippen LogP contribution in [0, 0.1) is 5.92 Å². The van der Waals surface area contributed by atoms with Gasteiger partial charge in [0.15, 0.2) is 0 Å². The van der Waals surface area contributed by atoms with Gasteiger partial charge in [0.05, 0.1) is 6.54 Å². The average molecular weight is 258 g/mol. The summed E-state index contributed by atoms with van der Waals surface area (Å²) in [6, 6.07) is 6.69. The normalized spacial score (nSPS) is 11.9. The summed E-state index contributed by atoms with van der Waals surface area (Å²) >= 11 is 5.85. The summed E-state index contributed by atoms with van der Waals surface area (Å²) in [4.78, 5) is 22.0. The van der Waals surface area contributed by atoms with E-state index in [2.05, 4.69) is 0 Å². The molecule has 0 heterocycles. The first-order valence-corrected chi connectivity index (χ1v) is 5.27. The first kappa shape index (κ1) is 13.5. The third kappa shape index (κ3) is 3.44. The van der Waals surface area contributed by atoms with Gasteiger partial charge < -0.3 is 5.11 Å². The molecule has 0 aliphatic heterocycles. The van der Waals surface area contributed by atoms with E-state index in [1.54, 1.807) is 24.3 Å². The Bertz CT molecular complexity index is 435. The molecule has 6 heteroatoms. The summed E-state index contributed by atoms with van der Waals surface area (Å²) in [6.07, 6.45) is 0. The van der Waals surface area contributed by atoms with Gasteiger partial charge in [-0.2, -0.15) is 0 Å². The van der Waals surface area contributed by atoms with Gasteiger partial charge in [0.2, 0.25) is 0 Å². The zero-order chi connectivity index (χ0) is 13.0. The maximum atomic E-state index is 11.5. The lowest BCUT2D eigenvalue weighted by molar-refractivity contribution is -0.176. The molecule has 1 aromatic rings. The highest BCUT2D eigenvalue weighted by atomic mass is 35.5. The number of carboxylic acid groups (broad SMARTS) is 1. The summed E-state index contributed by atoms with van der Waals surface area (Å²) in [6.45, 7) is 1.07. The number of hydrogen-bond acceptors (Lipinski definition) is 3. The lowest BCUT2D eigenvalue weighted by Gasteiger charge is -2.17. The van der Waals surface area contributed by atoms with Crippen LogP contribution in [0.15, 0.2) is 24.3 Å². The summed E-state index contributed by atoms with van der Waals surface area (Å²) < 4.78 is 0. The number of carbonyl (C=O) groups is 2. The molecule has 0 aromatic heterocycles. The highest BCUT2D eigenvalue weighted by molar-refractivity contribution is 6.31. The molecule has 0 radical (unpaired) electrons. The van der Waals surface area contributed by atoms with Crippen LogP contribution >= 0.6 is 11.6 Å². The van der Waals surface area contributed by atoms with E-state index in [4.69, 9.17) is 16.7 Å². The van der Waals surface area contributed by atoms with E-state index in [1.165, 1.54) is 6.92 Å². The van der Waals surface area contributed by atoms with Crippen LogP contribution in [0.2, 0.25) is 5.02 Å². The molecule has 0 aliphatic carbocycles. The highest BCUT2D eigenvalue weighted by Crippen LogP contribution is 2.17. The summed E-state index contributed by atoms with van der Waals surface area (Å²) in [7, 11) is 0. The zero-order valence-corrected chi connectivity index (χ0v) is 9.89. The van der Waals surface area contributed by atoms with Crippen molar-refractivity contribution in [2.24, 2.45) is 5.92 Å². The number of hydrogen-bond donors (Lipinski definition) is 2. The molecular weight excluding hydrogens is 246 g/mol. The second-order valence-electron chi connectivity index (χ2n) is 3.55. The van der Waals surface area contributed by atoms with Crippen molar-refractivity contribution in [1.82, 2.24) is 5.06 Å². The maximum Gasteiger partial charge on any atom is 0.315 e. The van der Waals surface area contributed by atoms with Crippen molar-refractivity contribution in [2.45, 2.75) is 13.5 Å². The highest BCUT2D eigenvalue weighted by Gasteiger charge is 2.25. The molecule has 1 unspecified atom stereocenters. The molecule has 17 heavy (non-hydrogen) atoms. The summed E-state index contributed by atoms with van der Waals surface area (Å²) in [5, 5.41) is 18.9. The van der Waals surface area contributed by atoms with Crippen molar-refractivity contribution in [1.29, 1.82) is 0 Å². The van der Waals surface area contributed by atoms with Gasteiger partial charge in [-0.1, -0.05) is 29.8 Å². The van der Waals surface area contributed by atoms with E-state index in [0.717, 1.165) is 0 Å². The van der Waals surface area contributed by atoms with Crippen LogP contribution in [0.25, 0.3) is 0 Å². The molecule has 0 saturated heterocycles. The first-order chi connectivity index (χ1) is 7.93. The molecule has 0 bridgehead atoms. The van der Waals surface area contributed by atoms with Gasteiger partial charge in [-0.15, -0.1) is 0 Å². The molecule has 92 valence electrons. The van der Waals surface area contributed by atoms with E-state index in [9.17, 15) is 14.8 Å². The summed E-state index contributed by atoms with van der Waals surface area (Å²) in [5.74, 6) is -3.45. The van der Waals surface area contributed by atoms with Gasteiger partial charge in [0.25, 0.3) is 5.91 Å². The lowest BCUT2D eigenvalue weighted by atomic mass is 10.1. The predicted molar refractivity (Wildman–Crippen MR) is 60.6 cm³/mol. The molecule has 1 atom stereocenters. The van der Waals surface area contributed by atoms with Crippen LogP contribution < -0.4 is 0 Å². The van der Waals surface area contributed by atoms with Gasteiger partial charge in [0.1, 0.15) is 5.92 Å². The fraction of sp³-hybridized carbons (Fsp3) is 0.273. The number of rotatable bonds is 4. The zero-order valence-electron chi connectivity index (χ0n) is 9.13. The minimum atomic E-state index is -1.29. The Labute approximate surface area is 103 Å². The Kier molecular flexibility index (Phi) is 4.48. The number of aliphatic carboxylic acids is 1. The fourth-order valence-corrected chi connectivity index (χ4v) is 1.39. The van der Waals surface area contributed by atoms with Gasteiger partial charge in [-0.05, 0) is 18.6 Å². The minimum absolute atomic E-state index is 0.143. The monoisotopic (exact) mass is 257 g/mol. The van der Waals surface area contributed by atoms with E-state index in [-0.39, 0.29) is 6.54 Å². The van der Waals surface area contributed by atoms with Crippen molar-refractivity contribution in [3.8, 4) is 0 Å². The first-order valence-electron chi connectivity index (χ1n) is 4.90. The molecule has 2 N–H and O–H groups in total. The van der Waals surface area contributed by atoms with Gasteiger partial charge in [0, 0.05) is 5.02 Å². The standard InChI is InChI=1S/C11H12ClNO4/c1-7(11(15)16)10(14)13(17)6-8-4-2-3-5-9(8)12/h2-5,7,17H,6H2,1H3,(H,15,16). The topological polar surface area (TPSA) is 77.8 Å². The van der Waals surface area contributed by atoms with E-state index in [0.29, 0.717) is 15.6 Å². The van der Waals surface area contributed by atoms with E-state index in [1.807, 2.05) is 0 Å². The number of halogens is 1.